The molecule has 4 aliphatic rings. The van der Waals surface area contributed by atoms with Crippen molar-refractivity contribution in [3.8, 4) is 0 Å². The molecule has 0 saturated heterocycles. The van der Waals surface area contributed by atoms with Crippen molar-refractivity contribution in [1.29, 1.82) is 0 Å². The standard InChI is InChI=1S/C24H42O5S/c1-16(7-6-14-29-30(26,27)28)18-9-10-19-22-20(11-13-24(18,19)3)23(2)12-5-4-8-17(23)15-21(22)25/h16-22,25H,4-15H2,1-3H3,(H,26,27,28)/t16-,17+,18-,19+,20+,21+,22+,23+,24-/m1/s1. The summed E-state index contributed by atoms with van der Waals surface area (Å²) in [7, 11) is -4.34. The summed E-state index contributed by atoms with van der Waals surface area (Å²) in [6, 6.07) is 0. The summed E-state index contributed by atoms with van der Waals surface area (Å²) < 4.78 is 34.8. The Bertz CT molecular complexity index is 723. The molecule has 6 heteroatoms. The topological polar surface area (TPSA) is 83.8 Å². The van der Waals surface area contributed by atoms with E-state index in [2.05, 4.69) is 25.0 Å². The van der Waals surface area contributed by atoms with Crippen LogP contribution in [-0.2, 0) is 14.6 Å². The van der Waals surface area contributed by atoms with E-state index in [0.29, 0.717) is 47.3 Å². The van der Waals surface area contributed by atoms with Gasteiger partial charge in [-0.1, -0.05) is 33.6 Å². The molecule has 2 N–H and O–H groups in total. The first-order valence-electron chi connectivity index (χ1n) is 12.4. The molecule has 5 nitrogen and oxygen atoms in total. The zero-order valence-corrected chi connectivity index (χ0v) is 19.9. The average molecular weight is 443 g/mol. The first-order chi connectivity index (χ1) is 14.1. The largest absolute Gasteiger partial charge is 0.397 e. The Morgan fingerprint density at radius 1 is 1.03 bits per heavy atom. The molecule has 0 heterocycles. The van der Waals surface area contributed by atoms with Gasteiger partial charge in [-0.05, 0) is 104 Å². The van der Waals surface area contributed by atoms with E-state index in [4.69, 9.17) is 4.55 Å². The Kier molecular flexibility index (Phi) is 6.37. The highest BCUT2D eigenvalue weighted by atomic mass is 32.3. The molecule has 0 aromatic carbocycles. The Labute approximate surface area is 183 Å². The van der Waals surface area contributed by atoms with Crippen LogP contribution in [0.5, 0.6) is 0 Å². The van der Waals surface area contributed by atoms with Crippen LogP contribution in [0, 0.1) is 46.3 Å². The summed E-state index contributed by atoms with van der Waals surface area (Å²) in [5.74, 6) is 3.60. The molecule has 4 fully saturated rings. The second-order valence-electron chi connectivity index (χ2n) is 11.6. The van der Waals surface area contributed by atoms with Gasteiger partial charge < -0.3 is 5.11 Å². The minimum absolute atomic E-state index is 0.0548. The van der Waals surface area contributed by atoms with Crippen LogP contribution >= 0.6 is 0 Å². The van der Waals surface area contributed by atoms with Crippen LogP contribution in [0.25, 0.3) is 0 Å². The summed E-state index contributed by atoms with van der Waals surface area (Å²) in [6.07, 6.45) is 12.8. The van der Waals surface area contributed by atoms with Gasteiger partial charge in [-0.3, -0.25) is 4.55 Å². The Balaban J connectivity index is 1.45. The molecule has 0 spiro atoms. The third kappa shape index (κ3) is 3.99. The van der Waals surface area contributed by atoms with Gasteiger partial charge in [-0.25, -0.2) is 4.18 Å². The minimum atomic E-state index is -4.34. The summed E-state index contributed by atoms with van der Waals surface area (Å²) in [5, 5.41) is 11.3. The van der Waals surface area contributed by atoms with Crippen molar-refractivity contribution in [1.82, 2.24) is 0 Å². The van der Waals surface area contributed by atoms with E-state index in [0.717, 1.165) is 12.8 Å². The number of fused-ring (bicyclic) bond motifs is 5. The number of rotatable bonds is 6. The van der Waals surface area contributed by atoms with Gasteiger partial charge >= 0.3 is 10.4 Å². The minimum Gasteiger partial charge on any atom is -0.393 e. The number of hydrogen-bond donors (Lipinski definition) is 2. The zero-order chi connectivity index (χ0) is 21.7. The summed E-state index contributed by atoms with van der Waals surface area (Å²) in [4.78, 5) is 0. The Hall–Kier alpha value is -0.170. The summed E-state index contributed by atoms with van der Waals surface area (Å²) in [6.45, 7) is 7.39. The van der Waals surface area contributed by atoms with E-state index in [1.54, 1.807) is 0 Å². The highest BCUT2D eigenvalue weighted by Gasteiger charge is 2.62. The number of aliphatic hydroxyl groups excluding tert-OH is 1. The Morgan fingerprint density at radius 2 is 1.77 bits per heavy atom. The van der Waals surface area contributed by atoms with Crippen molar-refractivity contribution in [2.45, 2.75) is 97.5 Å². The first kappa shape index (κ1) is 23.0. The molecule has 0 aromatic rings. The van der Waals surface area contributed by atoms with Crippen LogP contribution in [0.2, 0.25) is 0 Å². The van der Waals surface area contributed by atoms with E-state index < -0.39 is 10.4 Å². The van der Waals surface area contributed by atoms with Crippen molar-refractivity contribution in [2.75, 3.05) is 6.61 Å². The zero-order valence-electron chi connectivity index (χ0n) is 19.1. The third-order valence-corrected chi connectivity index (χ3v) is 10.9. The maximum atomic E-state index is 11.3. The van der Waals surface area contributed by atoms with Crippen molar-refractivity contribution >= 4 is 10.4 Å². The lowest BCUT2D eigenvalue weighted by Crippen LogP contribution is -2.57. The molecule has 4 saturated carbocycles. The average Bonchev–Trinajstić information content (AvgIpc) is 3.02. The predicted molar refractivity (Wildman–Crippen MR) is 117 cm³/mol. The van der Waals surface area contributed by atoms with Crippen molar-refractivity contribution in [3.63, 3.8) is 0 Å². The van der Waals surface area contributed by atoms with E-state index in [-0.39, 0.29) is 18.1 Å². The molecular formula is C24H42O5S. The molecule has 174 valence electrons. The molecule has 0 aliphatic heterocycles. The van der Waals surface area contributed by atoms with Gasteiger partial charge in [0.2, 0.25) is 0 Å². The van der Waals surface area contributed by atoms with Gasteiger partial charge in [0.05, 0.1) is 12.7 Å². The van der Waals surface area contributed by atoms with E-state index in [9.17, 15) is 13.5 Å². The third-order valence-electron chi connectivity index (χ3n) is 10.4. The van der Waals surface area contributed by atoms with E-state index in [1.807, 2.05) is 0 Å². The molecule has 30 heavy (non-hydrogen) atoms. The van der Waals surface area contributed by atoms with E-state index >= 15 is 0 Å². The van der Waals surface area contributed by atoms with Crippen molar-refractivity contribution in [2.24, 2.45) is 46.3 Å². The number of hydrogen-bond acceptors (Lipinski definition) is 4. The molecule has 0 amide bonds. The second kappa shape index (κ2) is 8.31. The van der Waals surface area contributed by atoms with Gasteiger partial charge in [-0.15, -0.1) is 0 Å². The van der Waals surface area contributed by atoms with Crippen LogP contribution < -0.4 is 0 Å². The van der Waals surface area contributed by atoms with Gasteiger partial charge in [0.25, 0.3) is 0 Å². The van der Waals surface area contributed by atoms with E-state index in [1.165, 1.54) is 51.4 Å². The van der Waals surface area contributed by atoms with Crippen LogP contribution in [-0.4, -0.2) is 30.8 Å². The molecule has 0 unspecified atom stereocenters. The SMILES string of the molecule is C[C@H](CCCOS(=O)(=O)O)[C@H]1CC[C@H]2[C@@H]3[C@@H](O)C[C@@H]4CCCC[C@]4(C)[C@H]3CC[C@]12C. The van der Waals surface area contributed by atoms with Gasteiger partial charge in [-0.2, -0.15) is 8.42 Å². The fourth-order valence-electron chi connectivity index (χ4n) is 9.00. The predicted octanol–water partition coefficient (Wildman–Crippen LogP) is 5.24. The maximum Gasteiger partial charge on any atom is 0.397 e. The monoisotopic (exact) mass is 442 g/mol. The van der Waals surface area contributed by atoms with Gasteiger partial charge in [0.1, 0.15) is 0 Å². The lowest BCUT2D eigenvalue weighted by atomic mass is 9.44. The number of aliphatic hydroxyl groups is 1. The Morgan fingerprint density at radius 3 is 2.50 bits per heavy atom. The summed E-state index contributed by atoms with van der Waals surface area (Å²) >= 11 is 0. The van der Waals surface area contributed by atoms with Gasteiger partial charge in [0, 0.05) is 0 Å². The van der Waals surface area contributed by atoms with Crippen LogP contribution in [0.1, 0.15) is 91.4 Å². The second-order valence-corrected chi connectivity index (χ2v) is 12.7. The fourth-order valence-corrected chi connectivity index (χ4v) is 9.33. The van der Waals surface area contributed by atoms with Crippen molar-refractivity contribution < 1.29 is 22.3 Å². The molecule has 9 atom stereocenters. The normalized spacial score (nSPS) is 47.2. The molecule has 0 aromatic heterocycles. The molecule has 4 aliphatic carbocycles. The molecule has 4 rings (SSSR count). The highest BCUT2D eigenvalue weighted by Crippen LogP contribution is 2.68. The highest BCUT2D eigenvalue weighted by molar-refractivity contribution is 7.80. The van der Waals surface area contributed by atoms with Crippen LogP contribution in [0.4, 0.5) is 0 Å². The fraction of sp³-hybridized carbons (Fsp3) is 1.00. The molecule has 0 bridgehead atoms. The van der Waals surface area contributed by atoms with Gasteiger partial charge in [0.15, 0.2) is 0 Å². The molecular weight excluding hydrogens is 400 g/mol. The smallest absolute Gasteiger partial charge is 0.393 e. The van der Waals surface area contributed by atoms with Crippen molar-refractivity contribution in [3.05, 3.63) is 0 Å². The van der Waals surface area contributed by atoms with Crippen LogP contribution in [0.3, 0.4) is 0 Å². The summed E-state index contributed by atoms with van der Waals surface area (Å²) in [5.41, 5.74) is 0.712. The quantitative estimate of drug-likeness (QED) is 0.434. The first-order valence-corrected chi connectivity index (χ1v) is 13.7. The lowest BCUT2D eigenvalue weighted by molar-refractivity contribution is -0.164. The lowest BCUT2D eigenvalue weighted by Gasteiger charge is -2.62. The maximum absolute atomic E-state index is 11.3. The molecule has 0 radical (unpaired) electrons. The van der Waals surface area contributed by atoms with Crippen LogP contribution in [0.15, 0.2) is 0 Å².